The van der Waals surface area contributed by atoms with Crippen molar-refractivity contribution < 1.29 is 9.13 Å². The molecular weight excluding hydrogens is 265 g/mol. The fourth-order valence-electron chi connectivity index (χ4n) is 1.77. The summed E-state index contributed by atoms with van der Waals surface area (Å²) < 4.78 is 19.1. The van der Waals surface area contributed by atoms with Crippen molar-refractivity contribution in [2.75, 3.05) is 0 Å². The van der Waals surface area contributed by atoms with Gasteiger partial charge in [-0.05, 0) is 49.7 Å². The molecule has 0 aliphatic heterocycles. The Morgan fingerprint density at radius 2 is 1.89 bits per heavy atom. The van der Waals surface area contributed by atoms with E-state index in [0.29, 0.717) is 22.1 Å². The van der Waals surface area contributed by atoms with E-state index in [1.807, 2.05) is 13.0 Å². The largest absolute Gasteiger partial charge is 0.457 e. The number of hydrogen-bond donors (Lipinski definition) is 1. The Bertz CT molecular complexity index is 599. The third-order valence-electron chi connectivity index (χ3n) is 2.83. The van der Waals surface area contributed by atoms with Gasteiger partial charge >= 0.3 is 0 Å². The Labute approximate surface area is 117 Å². The van der Waals surface area contributed by atoms with Crippen LogP contribution in [0.4, 0.5) is 4.39 Å². The summed E-state index contributed by atoms with van der Waals surface area (Å²) in [7, 11) is 0. The highest BCUT2D eigenvalue weighted by molar-refractivity contribution is 6.30. The van der Waals surface area contributed by atoms with Crippen LogP contribution in [-0.4, -0.2) is 0 Å². The molecule has 1 atom stereocenters. The van der Waals surface area contributed by atoms with Crippen molar-refractivity contribution in [3.63, 3.8) is 0 Å². The zero-order chi connectivity index (χ0) is 14.0. The van der Waals surface area contributed by atoms with Crippen LogP contribution in [-0.2, 0) is 0 Å². The van der Waals surface area contributed by atoms with Crippen molar-refractivity contribution in [1.29, 1.82) is 0 Å². The molecule has 0 aromatic heterocycles. The van der Waals surface area contributed by atoms with Gasteiger partial charge in [-0.1, -0.05) is 17.7 Å². The van der Waals surface area contributed by atoms with E-state index in [9.17, 15) is 4.39 Å². The SMILES string of the molecule is Cc1ccc(Cl)cc1Oc1ccc(F)cc1[C@@H](C)N. The molecule has 2 aromatic rings. The van der Waals surface area contributed by atoms with E-state index in [-0.39, 0.29) is 11.9 Å². The second kappa shape index (κ2) is 5.59. The van der Waals surface area contributed by atoms with E-state index >= 15 is 0 Å². The van der Waals surface area contributed by atoms with Gasteiger partial charge in [0.1, 0.15) is 17.3 Å². The summed E-state index contributed by atoms with van der Waals surface area (Å²) in [5, 5.41) is 0.588. The van der Waals surface area contributed by atoms with Gasteiger partial charge in [0.05, 0.1) is 0 Å². The minimum absolute atomic E-state index is 0.315. The average Bonchev–Trinajstić information content (AvgIpc) is 2.35. The van der Waals surface area contributed by atoms with Crippen LogP contribution >= 0.6 is 11.6 Å². The predicted molar refractivity (Wildman–Crippen MR) is 75.3 cm³/mol. The molecule has 0 amide bonds. The van der Waals surface area contributed by atoms with Gasteiger partial charge in [-0.3, -0.25) is 0 Å². The second-order valence-corrected chi connectivity index (χ2v) is 4.92. The van der Waals surface area contributed by atoms with Crippen LogP contribution in [0.1, 0.15) is 24.1 Å². The highest BCUT2D eigenvalue weighted by atomic mass is 35.5. The minimum Gasteiger partial charge on any atom is -0.457 e. The first kappa shape index (κ1) is 13.8. The summed E-state index contributed by atoms with van der Waals surface area (Å²) in [5.74, 6) is 0.852. The molecule has 0 fully saturated rings. The number of aryl methyl sites for hydroxylation is 1. The van der Waals surface area contributed by atoms with Gasteiger partial charge in [0, 0.05) is 16.6 Å². The molecule has 4 heteroatoms. The monoisotopic (exact) mass is 279 g/mol. The molecule has 0 saturated carbocycles. The van der Waals surface area contributed by atoms with Crippen molar-refractivity contribution in [2.45, 2.75) is 19.9 Å². The van der Waals surface area contributed by atoms with Crippen molar-refractivity contribution in [1.82, 2.24) is 0 Å². The standard InChI is InChI=1S/C15H15ClFNO/c1-9-3-4-11(16)7-15(9)19-14-6-5-12(17)8-13(14)10(2)18/h3-8,10H,18H2,1-2H3/t10-/m1/s1. The molecule has 0 heterocycles. The van der Waals surface area contributed by atoms with E-state index in [1.54, 1.807) is 25.1 Å². The van der Waals surface area contributed by atoms with Crippen molar-refractivity contribution in [3.8, 4) is 11.5 Å². The van der Waals surface area contributed by atoms with E-state index in [1.165, 1.54) is 12.1 Å². The Kier molecular flexibility index (Phi) is 4.08. The van der Waals surface area contributed by atoms with Crippen LogP contribution in [0.15, 0.2) is 36.4 Å². The van der Waals surface area contributed by atoms with Crippen molar-refractivity contribution in [3.05, 3.63) is 58.4 Å². The molecule has 2 N–H and O–H groups in total. The topological polar surface area (TPSA) is 35.2 Å². The van der Waals surface area contributed by atoms with Crippen LogP contribution in [0.2, 0.25) is 5.02 Å². The van der Waals surface area contributed by atoms with Crippen LogP contribution in [0, 0.1) is 12.7 Å². The molecule has 0 bridgehead atoms. The lowest BCUT2D eigenvalue weighted by Gasteiger charge is -2.15. The first-order valence-electron chi connectivity index (χ1n) is 5.96. The maximum Gasteiger partial charge on any atom is 0.132 e. The number of benzene rings is 2. The second-order valence-electron chi connectivity index (χ2n) is 4.48. The van der Waals surface area contributed by atoms with Gasteiger partial charge in [-0.25, -0.2) is 4.39 Å². The number of rotatable bonds is 3. The lowest BCUT2D eigenvalue weighted by atomic mass is 10.1. The molecule has 0 unspecified atom stereocenters. The summed E-state index contributed by atoms with van der Waals surface area (Å²) in [6.07, 6.45) is 0. The third-order valence-corrected chi connectivity index (χ3v) is 3.07. The average molecular weight is 280 g/mol. The van der Waals surface area contributed by atoms with E-state index in [0.717, 1.165) is 5.56 Å². The normalized spacial score (nSPS) is 12.3. The van der Waals surface area contributed by atoms with Crippen LogP contribution in [0.3, 0.4) is 0 Å². The molecule has 0 saturated heterocycles. The molecule has 2 aromatic carbocycles. The van der Waals surface area contributed by atoms with E-state index in [2.05, 4.69) is 0 Å². The molecule has 0 aliphatic rings. The van der Waals surface area contributed by atoms with E-state index in [4.69, 9.17) is 22.1 Å². The molecule has 0 radical (unpaired) electrons. The quantitative estimate of drug-likeness (QED) is 0.891. The van der Waals surface area contributed by atoms with Gasteiger partial charge in [-0.2, -0.15) is 0 Å². The number of ether oxygens (including phenoxy) is 1. The molecule has 2 nitrogen and oxygen atoms in total. The molecule has 100 valence electrons. The smallest absolute Gasteiger partial charge is 0.132 e. The van der Waals surface area contributed by atoms with Crippen molar-refractivity contribution >= 4 is 11.6 Å². The highest BCUT2D eigenvalue weighted by Crippen LogP contribution is 2.32. The number of halogens is 2. The maximum atomic E-state index is 13.3. The zero-order valence-corrected chi connectivity index (χ0v) is 11.5. The van der Waals surface area contributed by atoms with Gasteiger partial charge < -0.3 is 10.5 Å². The molecule has 0 spiro atoms. The number of nitrogens with two attached hydrogens (primary N) is 1. The molecular formula is C15H15ClFNO. The summed E-state index contributed by atoms with van der Waals surface area (Å²) in [5.41, 5.74) is 7.41. The van der Waals surface area contributed by atoms with Gasteiger partial charge in [0.15, 0.2) is 0 Å². The first-order valence-corrected chi connectivity index (χ1v) is 6.34. The van der Waals surface area contributed by atoms with Crippen LogP contribution in [0.5, 0.6) is 11.5 Å². The lowest BCUT2D eigenvalue weighted by molar-refractivity contribution is 0.466. The van der Waals surface area contributed by atoms with Gasteiger partial charge in [-0.15, -0.1) is 0 Å². The summed E-state index contributed by atoms with van der Waals surface area (Å²) in [6.45, 7) is 3.70. The molecule has 19 heavy (non-hydrogen) atoms. The Hall–Kier alpha value is -1.58. The zero-order valence-electron chi connectivity index (χ0n) is 10.8. The number of hydrogen-bond acceptors (Lipinski definition) is 2. The summed E-state index contributed by atoms with van der Waals surface area (Å²) in [4.78, 5) is 0. The Balaban J connectivity index is 2.40. The van der Waals surface area contributed by atoms with Crippen molar-refractivity contribution in [2.24, 2.45) is 5.73 Å². The highest BCUT2D eigenvalue weighted by Gasteiger charge is 2.11. The van der Waals surface area contributed by atoms with Gasteiger partial charge in [0.2, 0.25) is 0 Å². The summed E-state index contributed by atoms with van der Waals surface area (Å²) in [6, 6.07) is 9.39. The van der Waals surface area contributed by atoms with E-state index < -0.39 is 0 Å². The Morgan fingerprint density at radius 3 is 2.58 bits per heavy atom. The third kappa shape index (κ3) is 3.25. The first-order chi connectivity index (χ1) is 8.97. The summed E-state index contributed by atoms with van der Waals surface area (Å²) >= 11 is 5.95. The molecule has 2 rings (SSSR count). The Morgan fingerprint density at radius 1 is 1.16 bits per heavy atom. The molecule has 0 aliphatic carbocycles. The van der Waals surface area contributed by atoms with Crippen LogP contribution < -0.4 is 10.5 Å². The predicted octanol–water partition coefficient (Wildman–Crippen LogP) is 4.60. The maximum absolute atomic E-state index is 13.3. The lowest BCUT2D eigenvalue weighted by Crippen LogP contribution is -2.07. The fraction of sp³-hybridized carbons (Fsp3) is 0.200. The van der Waals surface area contributed by atoms with Gasteiger partial charge in [0.25, 0.3) is 0 Å². The fourth-order valence-corrected chi connectivity index (χ4v) is 1.93. The minimum atomic E-state index is -0.331. The van der Waals surface area contributed by atoms with Crippen LogP contribution in [0.25, 0.3) is 0 Å².